The quantitative estimate of drug-likeness (QED) is 0.840. The van der Waals surface area contributed by atoms with Crippen molar-refractivity contribution >= 4 is 41.5 Å². The SMILES string of the molecule is Cc1nsc(N2CCCNCC2)n1.Cl.Cl. The van der Waals surface area contributed by atoms with Crippen LogP contribution >= 0.6 is 36.3 Å². The van der Waals surface area contributed by atoms with Crippen LogP contribution in [-0.2, 0) is 0 Å². The summed E-state index contributed by atoms with van der Waals surface area (Å²) in [7, 11) is 0. The smallest absolute Gasteiger partial charge is 0.205 e. The number of halogens is 2. The minimum Gasteiger partial charge on any atom is -0.346 e. The van der Waals surface area contributed by atoms with Crippen LogP contribution in [0.25, 0.3) is 0 Å². The third-order valence-corrected chi connectivity index (χ3v) is 3.00. The molecule has 0 saturated carbocycles. The van der Waals surface area contributed by atoms with Crippen molar-refractivity contribution in [1.82, 2.24) is 14.7 Å². The van der Waals surface area contributed by atoms with Crippen molar-refractivity contribution in [2.24, 2.45) is 0 Å². The molecule has 0 aliphatic carbocycles. The minimum absolute atomic E-state index is 0. The molecule has 88 valence electrons. The van der Waals surface area contributed by atoms with Gasteiger partial charge in [-0.05, 0) is 19.9 Å². The van der Waals surface area contributed by atoms with Gasteiger partial charge < -0.3 is 10.2 Å². The maximum Gasteiger partial charge on any atom is 0.205 e. The van der Waals surface area contributed by atoms with Crippen LogP contribution in [0.4, 0.5) is 5.13 Å². The average molecular weight is 271 g/mol. The Morgan fingerprint density at radius 3 is 2.73 bits per heavy atom. The number of rotatable bonds is 1. The molecule has 0 spiro atoms. The third kappa shape index (κ3) is 4.10. The van der Waals surface area contributed by atoms with Crippen molar-refractivity contribution in [1.29, 1.82) is 0 Å². The Balaban J connectivity index is 0.000000980. The number of hydrogen-bond donors (Lipinski definition) is 1. The van der Waals surface area contributed by atoms with Gasteiger partial charge in [-0.1, -0.05) is 0 Å². The number of hydrogen-bond acceptors (Lipinski definition) is 5. The molecule has 0 bridgehead atoms. The fraction of sp³-hybridized carbons (Fsp3) is 0.750. The molecule has 0 radical (unpaired) electrons. The van der Waals surface area contributed by atoms with Gasteiger partial charge in [0.2, 0.25) is 5.13 Å². The number of aromatic nitrogens is 2. The highest BCUT2D eigenvalue weighted by molar-refractivity contribution is 7.09. The molecule has 4 nitrogen and oxygen atoms in total. The normalized spacial score (nSPS) is 16.2. The van der Waals surface area contributed by atoms with Crippen LogP contribution in [-0.4, -0.2) is 35.5 Å². The van der Waals surface area contributed by atoms with Crippen molar-refractivity contribution < 1.29 is 0 Å². The van der Waals surface area contributed by atoms with Crippen LogP contribution in [0.3, 0.4) is 0 Å². The van der Waals surface area contributed by atoms with Crippen molar-refractivity contribution in [2.75, 3.05) is 31.1 Å². The van der Waals surface area contributed by atoms with Gasteiger partial charge in [-0.2, -0.15) is 4.37 Å². The van der Waals surface area contributed by atoms with E-state index in [-0.39, 0.29) is 24.8 Å². The number of anilines is 1. The van der Waals surface area contributed by atoms with E-state index < -0.39 is 0 Å². The summed E-state index contributed by atoms with van der Waals surface area (Å²) in [4.78, 5) is 6.69. The number of aryl methyl sites for hydroxylation is 1. The second-order valence-electron chi connectivity index (χ2n) is 3.21. The van der Waals surface area contributed by atoms with Gasteiger partial charge in [0.25, 0.3) is 0 Å². The Bertz CT molecular complexity index is 273. The lowest BCUT2D eigenvalue weighted by Crippen LogP contribution is -2.27. The van der Waals surface area contributed by atoms with Gasteiger partial charge in [0, 0.05) is 31.2 Å². The summed E-state index contributed by atoms with van der Waals surface area (Å²) in [6, 6.07) is 0. The molecule has 7 heteroatoms. The monoisotopic (exact) mass is 270 g/mol. The second kappa shape index (κ2) is 7.22. The molecule has 1 aromatic rings. The summed E-state index contributed by atoms with van der Waals surface area (Å²) in [5.41, 5.74) is 0. The molecule has 0 aromatic carbocycles. The van der Waals surface area contributed by atoms with Gasteiger partial charge in [-0.25, -0.2) is 4.98 Å². The first-order valence-electron chi connectivity index (χ1n) is 4.62. The second-order valence-corrected chi connectivity index (χ2v) is 3.95. The van der Waals surface area contributed by atoms with Crippen LogP contribution in [0.15, 0.2) is 0 Å². The zero-order valence-electron chi connectivity index (χ0n) is 8.60. The summed E-state index contributed by atoms with van der Waals surface area (Å²) in [5.74, 6) is 0.886. The predicted molar refractivity (Wildman–Crippen MR) is 68.8 cm³/mol. The highest BCUT2D eigenvalue weighted by atomic mass is 35.5. The molecule has 0 unspecified atom stereocenters. The van der Waals surface area contributed by atoms with Gasteiger partial charge in [0.05, 0.1) is 0 Å². The molecule has 1 N–H and O–H groups in total. The standard InChI is InChI=1S/C8H14N4S.2ClH/c1-7-10-8(13-11-7)12-5-2-3-9-4-6-12;;/h9H,2-6H2,1H3;2*1H. The summed E-state index contributed by atoms with van der Waals surface area (Å²) in [6.07, 6.45) is 1.19. The molecule has 1 fully saturated rings. The summed E-state index contributed by atoms with van der Waals surface area (Å²) < 4.78 is 4.19. The van der Waals surface area contributed by atoms with Crippen LogP contribution in [0.2, 0.25) is 0 Å². The van der Waals surface area contributed by atoms with E-state index in [2.05, 4.69) is 19.6 Å². The van der Waals surface area contributed by atoms with Crippen molar-refractivity contribution in [3.8, 4) is 0 Å². The maximum absolute atomic E-state index is 4.38. The lowest BCUT2D eigenvalue weighted by Gasteiger charge is -2.17. The van der Waals surface area contributed by atoms with Crippen molar-refractivity contribution in [3.63, 3.8) is 0 Å². The van der Waals surface area contributed by atoms with Gasteiger partial charge in [0.15, 0.2) is 0 Å². The average Bonchev–Trinajstić information content (AvgIpc) is 2.43. The molecule has 1 aliphatic rings. The minimum atomic E-state index is 0. The van der Waals surface area contributed by atoms with E-state index in [0.29, 0.717) is 0 Å². The summed E-state index contributed by atoms with van der Waals surface area (Å²) in [5, 5.41) is 4.44. The van der Waals surface area contributed by atoms with Gasteiger partial charge in [0.1, 0.15) is 5.82 Å². The van der Waals surface area contributed by atoms with E-state index >= 15 is 0 Å². The Kier molecular flexibility index (Phi) is 7.17. The van der Waals surface area contributed by atoms with E-state index in [1.807, 2.05) is 6.92 Å². The Labute approximate surface area is 106 Å². The number of nitrogens with one attached hydrogen (secondary N) is 1. The molecule has 1 saturated heterocycles. The van der Waals surface area contributed by atoms with Crippen LogP contribution in [0, 0.1) is 6.92 Å². The van der Waals surface area contributed by atoms with Crippen molar-refractivity contribution in [3.05, 3.63) is 5.82 Å². The summed E-state index contributed by atoms with van der Waals surface area (Å²) >= 11 is 1.50. The lowest BCUT2D eigenvalue weighted by molar-refractivity contribution is 0.724. The van der Waals surface area contributed by atoms with Gasteiger partial charge >= 0.3 is 0 Å². The van der Waals surface area contributed by atoms with Crippen LogP contribution in [0.1, 0.15) is 12.2 Å². The largest absolute Gasteiger partial charge is 0.346 e. The molecule has 15 heavy (non-hydrogen) atoms. The molecular weight excluding hydrogens is 255 g/mol. The van der Waals surface area contributed by atoms with Gasteiger partial charge in [-0.3, -0.25) is 0 Å². The zero-order valence-corrected chi connectivity index (χ0v) is 11.1. The van der Waals surface area contributed by atoms with E-state index in [1.54, 1.807) is 0 Å². The zero-order chi connectivity index (χ0) is 9.10. The fourth-order valence-electron chi connectivity index (χ4n) is 1.45. The molecule has 2 heterocycles. The van der Waals surface area contributed by atoms with E-state index in [0.717, 1.165) is 37.1 Å². The van der Waals surface area contributed by atoms with Crippen molar-refractivity contribution in [2.45, 2.75) is 13.3 Å². The molecule has 2 rings (SSSR count). The van der Waals surface area contributed by atoms with Crippen LogP contribution in [0.5, 0.6) is 0 Å². The van der Waals surface area contributed by atoms with E-state index in [9.17, 15) is 0 Å². The Hall–Kier alpha value is -0.100. The lowest BCUT2D eigenvalue weighted by atomic mass is 10.4. The molecule has 0 atom stereocenters. The molecule has 1 aliphatic heterocycles. The maximum atomic E-state index is 4.38. The predicted octanol–water partition coefficient (Wildman–Crippen LogP) is 1.49. The van der Waals surface area contributed by atoms with E-state index in [1.165, 1.54) is 18.0 Å². The molecule has 1 aromatic heterocycles. The van der Waals surface area contributed by atoms with Gasteiger partial charge in [-0.15, -0.1) is 24.8 Å². The fourth-order valence-corrected chi connectivity index (χ4v) is 2.18. The third-order valence-electron chi connectivity index (χ3n) is 2.13. The molecular formula is C8H16Cl2N4S. The first-order valence-corrected chi connectivity index (χ1v) is 5.39. The Morgan fingerprint density at radius 2 is 2.07 bits per heavy atom. The summed E-state index contributed by atoms with van der Waals surface area (Å²) in [6.45, 7) is 6.26. The number of nitrogens with zero attached hydrogens (tertiary/aromatic N) is 3. The van der Waals surface area contributed by atoms with Crippen LogP contribution < -0.4 is 10.2 Å². The van der Waals surface area contributed by atoms with E-state index in [4.69, 9.17) is 0 Å². The Morgan fingerprint density at radius 1 is 1.27 bits per heavy atom. The highest BCUT2D eigenvalue weighted by Gasteiger charge is 2.12. The first kappa shape index (κ1) is 14.9. The first-order chi connectivity index (χ1) is 6.36. The topological polar surface area (TPSA) is 41.1 Å². The highest BCUT2D eigenvalue weighted by Crippen LogP contribution is 2.17. The molecule has 0 amide bonds.